The Hall–Kier alpha value is -3.17. The Morgan fingerprint density at radius 3 is 1.88 bits per heavy atom. The lowest BCUT2D eigenvalue weighted by Gasteiger charge is -2.08. The van der Waals surface area contributed by atoms with Crippen LogP contribution in [0.2, 0.25) is 0 Å². The standard InChI is InChI=1S/C23H23N3/c24-16-20-13-7-8-14-21(20)17-26-23(19-11-5-2-6-12-19)15-22(25)18-9-3-1-4-10-18/h1-15H,16-17,24-25H2. The monoisotopic (exact) mass is 341 g/mol. The van der Waals surface area contributed by atoms with Crippen LogP contribution in [-0.4, -0.2) is 5.71 Å². The van der Waals surface area contributed by atoms with Gasteiger partial charge in [0.05, 0.1) is 12.3 Å². The topological polar surface area (TPSA) is 64.4 Å². The third-order valence-corrected chi connectivity index (χ3v) is 4.23. The maximum atomic E-state index is 6.32. The molecule has 4 N–H and O–H groups in total. The van der Waals surface area contributed by atoms with Crippen LogP contribution >= 0.6 is 0 Å². The first-order valence-electron chi connectivity index (χ1n) is 8.67. The van der Waals surface area contributed by atoms with Crippen LogP contribution in [0.15, 0.2) is 96.0 Å². The van der Waals surface area contributed by atoms with Gasteiger partial charge in [-0.15, -0.1) is 0 Å². The fourth-order valence-electron chi connectivity index (χ4n) is 2.77. The van der Waals surface area contributed by atoms with Gasteiger partial charge in [-0.1, -0.05) is 84.9 Å². The number of allylic oxidation sites excluding steroid dienone is 1. The van der Waals surface area contributed by atoms with Crippen molar-refractivity contribution >= 4 is 11.4 Å². The second-order valence-corrected chi connectivity index (χ2v) is 6.01. The van der Waals surface area contributed by atoms with Crippen LogP contribution in [0.1, 0.15) is 22.3 Å². The van der Waals surface area contributed by atoms with E-state index in [0.717, 1.165) is 28.0 Å². The van der Waals surface area contributed by atoms with Crippen LogP contribution < -0.4 is 11.5 Å². The molecule has 0 unspecified atom stereocenters. The molecular weight excluding hydrogens is 318 g/mol. The first-order chi connectivity index (χ1) is 12.8. The van der Waals surface area contributed by atoms with Gasteiger partial charge in [0, 0.05) is 12.2 Å². The van der Waals surface area contributed by atoms with Crippen LogP contribution in [0.5, 0.6) is 0 Å². The van der Waals surface area contributed by atoms with Gasteiger partial charge in [-0.05, 0) is 28.3 Å². The van der Waals surface area contributed by atoms with Gasteiger partial charge in [0.1, 0.15) is 0 Å². The molecule has 0 atom stereocenters. The maximum Gasteiger partial charge on any atom is 0.0671 e. The Balaban J connectivity index is 1.96. The lowest BCUT2D eigenvalue weighted by Crippen LogP contribution is -2.05. The van der Waals surface area contributed by atoms with Crippen molar-refractivity contribution in [3.05, 3.63) is 113 Å². The van der Waals surface area contributed by atoms with Crippen molar-refractivity contribution in [1.29, 1.82) is 0 Å². The molecule has 0 aliphatic heterocycles. The Kier molecular flexibility index (Phi) is 5.96. The minimum absolute atomic E-state index is 0.508. The summed E-state index contributed by atoms with van der Waals surface area (Å²) < 4.78 is 0. The molecule has 0 bridgehead atoms. The molecule has 0 saturated heterocycles. The van der Waals surface area contributed by atoms with Gasteiger partial charge in [-0.25, -0.2) is 0 Å². The molecular formula is C23H23N3. The van der Waals surface area contributed by atoms with E-state index in [1.165, 1.54) is 0 Å². The fourth-order valence-corrected chi connectivity index (χ4v) is 2.77. The normalized spacial score (nSPS) is 12.2. The maximum absolute atomic E-state index is 6.32. The number of aliphatic imine (C=N–C) groups is 1. The van der Waals surface area contributed by atoms with Crippen molar-refractivity contribution < 1.29 is 0 Å². The average Bonchev–Trinajstić information content (AvgIpc) is 2.72. The summed E-state index contributed by atoms with van der Waals surface area (Å²) in [7, 11) is 0. The van der Waals surface area contributed by atoms with Crippen LogP contribution in [0, 0.1) is 0 Å². The zero-order valence-electron chi connectivity index (χ0n) is 14.7. The van der Waals surface area contributed by atoms with Crippen LogP contribution in [0.25, 0.3) is 5.70 Å². The minimum Gasteiger partial charge on any atom is -0.398 e. The Labute approximate surface area is 154 Å². The van der Waals surface area contributed by atoms with Crippen LogP contribution in [-0.2, 0) is 13.1 Å². The van der Waals surface area contributed by atoms with E-state index >= 15 is 0 Å². The SMILES string of the molecule is NCc1ccccc1CN=C(C=C(N)c1ccccc1)c1ccccc1. The number of benzene rings is 3. The molecule has 0 amide bonds. The van der Waals surface area contributed by atoms with Crippen molar-refractivity contribution in [2.45, 2.75) is 13.1 Å². The number of nitrogens with zero attached hydrogens (tertiary/aromatic N) is 1. The van der Waals surface area contributed by atoms with Gasteiger partial charge in [-0.3, -0.25) is 4.99 Å². The summed E-state index contributed by atoms with van der Waals surface area (Å²) in [5, 5.41) is 0. The summed E-state index contributed by atoms with van der Waals surface area (Å²) in [5.74, 6) is 0. The summed E-state index contributed by atoms with van der Waals surface area (Å²) in [6, 6.07) is 28.2. The number of rotatable bonds is 6. The van der Waals surface area contributed by atoms with Crippen LogP contribution in [0.4, 0.5) is 0 Å². The Morgan fingerprint density at radius 2 is 1.27 bits per heavy atom. The molecule has 0 aromatic heterocycles. The molecule has 3 aromatic rings. The highest BCUT2D eigenvalue weighted by Gasteiger charge is 2.05. The predicted molar refractivity (Wildman–Crippen MR) is 110 cm³/mol. The Morgan fingerprint density at radius 1 is 0.731 bits per heavy atom. The van der Waals surface area contributed by atoms with Gasteiger partial charge in [0.25, 0.3) is 0 Å². The molecule has 0 saturated carbocycles. The van der Waals surface area contributed by atoms with Crippen LogP contribution in [0.3, 0.4) is 0 Å². The zero-order chi connectivity index (χ0) is 18.2. The van der Waals surface area contributed by atoms with Crippen molar-refractivity contribution in [1.82, 2.24) is 0 Å². The van der Waals surface area contributed by atoms with E-state index in [0.29, 0.717) is 18.8 Å². The zero-order valence-corrected chi connectivity index (χ0v) is 14.7. The van der Waals surface area contributed by atoms with E-state index < -0.39 is 0 Å². The van der Waals surface area contributed by atoms with E-state index in [1.54, 1.807) is 0 Å². The first-order valence-corrected chi connectivity index (χ1v) is 8.67. The highest BCUT2D eigenvalue weighted by Crippen LogP contribution is 2.14. The molecule has 3 nitrogen and oxygen atoms in total. The lowest BCUT2D eigenvalue weighted by molar-refractivity contribution is 0.980. The van der Waals surface area contributed by atoms with Gasteiger partial charge >= 0.3 is 0 Å². The number of nitrogens with two attached hydrogens (primary N) is 2. The van der Waals surface area contributed by atoms with Gasteiger partial charge in [-0.2, -0.15) is 0 Å². The van der Waals surface area contributed by atoms with E-state index in [4.69, 9.17) is 16.5 Å². The summed E-state index contributed by atoms with van der Waals surface area (Å²) in [5.41, 5.74) is 18.0. The third-order valence-electron chi connectivity index (χ3n) is 4.23. The summed E-state index contributed by atoms with van der Waals surface area (Å²) >= 11 is 0. The summed E-state index contributed by atoms with van der Waals surface area (Å²) in [6.07, 6.45) is 1.94. The average molecular weight is 341 g/mol. The van der Waals surface area contributed by atoms with Crippen molar-refractivity contribution in [2.24, 2.45) is 16.5 Å². The quantitative estimate of drug-likeness (QED) is 0.662. The Bertz CT molecular complexity index is 897. The minimum atomic E-state index is 0.508. The van der Waals surface area contributed by atoms with Gasteiger partial charge in [0.2, 0.25) is 0 Å². The smallest absolute Gasteiger partial charge is 0.0671 e. The molecule has 3 heteroatoms. The first kappa shape index (κ1) is 17.6. The number of hydrogen-bond acceptors (Lipinski definition) is 3. The molecule has 0 fully saturated rings. The molecule has 3 aromatic carbocycles. The van der Waals surface area contributed by atoms with E-state index in [9.17, 15) is 0 Å². The van der Waals surface area contributed by atoms with E-state index in [1.807, 2.05) is 84.9 Å². The summed E-state index contributed by atoms with van der Waals surface area (Å²) in [6.45, 7) is 1.07. The fraction of sp³-hybridized carbons (Fsp3) is 0.0870. The van der Waals surface area contributed by atoms with Crippen molar-refractivity contribution in [3.8, 4) is 0 Å². The van der Waals surface area contributed by atoms with E-state index in [-0.39, 0.29) is 0 Å². The lowest BCUT2D eigenvalue weighted by atomic mass is 10.1. The molecule has 0 spiro atoms. The highest BCUT2D eigenvalue weighted by molar-refractivity contribution is 6.12. The highest BCUT2D eigenvalue weighted by atomic mass is 14.7. The molecule has 26 heavy (non-hydrogen) atoms. The molecule has 0 heterocycles. The largest absolute Gasteiger partial charge is 0.398 e. The molecule has 0 aliphatic rings. The second kappa shape index (κ2) is 8.79. The molecule has 0 radical (unpaired) electrons. The molecule has 0 aliphatic carbocycles. The summed E-state index contributed by atoms with van der Waals surface area (Å²) in [4.78, 5) is 4.84. The van der Waals surface area contributed by atoms with Gasteiger partial charge < -0.3 is 11.5 Å². The predicted octanol–water partition coefficient (Wildman–Crippen LogP) is 4.13. The van der Waals surface area contributed by atoms with Crippen molar-refractivity contribution in [3.63, 3.8) is 0 Å². The van der Waals surface area contributed by atoms with Crippen molar-refractivity contribution in [2.75, 3.05) is 0 Å². The molecule has 3 rings (SSSR count). The third kappa shape index (κ3) is 4.47. The molecule has 130 valence electrons. The van der Waals surface area contributed by atoms with Gasteiger partial charge in [0.15, 0.2) is 0 Å². The second-order valence-electron chi connectivity index (χ2n) is 6.01. The number of hydrogen-bond donors (Lipinski definition) is 2. The van der Waals surface area contributed by atoms with E-state index in [2.05, 4.69) is 6.07 Å².